The van der Waals surface area contributed by atoms with Crippen molar-refractivity contribution in [2.24, 2.45) is 0 Å². The summed E-state index contributed by atoms with van der Waals surface area (Å²) in [5.41, 5.74) is 7.22. The van der Waals surface area contributed by atoms with Gasteiger partial charge in [-0.3, -0.25) is 0 Å². The maximum absolute atomic E-state index is 2.51. The molecule has 0 radical (unpaired) electrons. The van der Waals surface area contributed by atoms with Crippen LogP contribution in [-0.2, 0) is 0 Å². The third kappa shape index (κ3) is 2.88. The van der Waals surface area contributed by atoms with E-state index >= 15 is 0 Å². The average Bonchev–Trinajstić information content (AvgIpc) is 3.54. The standard InChI is InChI=1S/C38H24N2/c1-3-13-27(14-4-1)39(28-15-5-2-6-16-28)29-20-21-32-33-23-26-12-8-10-18-31(26)37-36-30-17-9-7-11-25(30)19-22-34(36)40(38(33)37)35(32)24-29/h1-24H. The van der Waals surface area contributed by atoms with E-state index in [0.717, 1.165) is 17.1 Å². The lowest BCUT2D eigenvalue weighted by Crippen LogP contribution is -2.09. The fraction of sp³-hybridized carbons (Fsp3) is 0. The van der Waals surface area contributed by atoms with Crippen LogP contribution in [0.2, 0.25) is 0 Å². The lowest BCUT2D eigenvalue weighted by atomic mass is 9.97. The quantitative estimate of drug-likeness (QED) is 0.230. The Hall–Kier alpha value is -5.34. The minimum Gasteiger partial charge on any atom is -0.310 e. The first-order valence-corrected chi connectivity index (χ1v) is 13.8. The third-order valence-corrected chi connectivity index (χ3v) is 8.44. The largest absolute Gasteiger partial charge is 0.310 e. The molecule has 0 atom stereocenters. The van der Waals surface area contributed by atoms with Crippen LogP contribution in [0.25, 0.3) is 59.6 Å². The second-order valence-electron chi connectivity index (χ2n) is 10.6. The number of rotatable bonds is 3. The van der Waals surface area contributed by atoms with Crippen molar-refractivity contribution in [1.82, 2.24) is 4.40 Å². The van der Waals surface area contributed by atoms with Crippen LogP contribution >= 0.6 is 0 Å². The van der Waals surface area contributed by atoms with Gasteiger partial charge in [-0.2, -0.15) is 0 Å². The molecule has 0 aliphatic rings. The number of nitrogens with zero attached hydrogens (tertiary/aromatic N) is 2. The first kappa shape index (κ1) is 21.6. The predicted octanol–water partition coefficient (Wildman–Crippen LogP) is 10.6. The van der Waals surface area contributed by atoms with Crippen LogP contribution in [0.3, 0.4) is 0 Å². The van der Waals surface area contributed by atoms with Crippen LogP contribution in [0.4, 0.5) is 17.1 Å². The van der Waals surface area contributed by atoms with Gasteiger partial charge in [0, 0.05) is 38.6 Å². The van der Waals surface area contributed by atoms with Gasteiger partial charge in [-0.1, -0.05) is 97.1 Å². The number of hydrogen-bond acceptors (Lipinski definition) is 1. The van der Waals surface area contributed by atoms with Gasteiger partial charge >= 0.3 is 0 Å². The molecule has 0 amide bonds. The van der Waals surface area contributed by atoms with Gasteiger partial charge in [0.25, 0.3) is 0 Å². The second-order valence-corrected chi connectivity index (χ2v) is 10.6. The first-order valence-electron chi connectivity index (χ1n) is 13.8. The molecule has 0 saturated heterocycles. The van der Waals surface area contributed by atoms with Gasteiger partial charge in [0.05, 0.1) is 16.6 Å². The number of hydrogen-bond donors (Lipinski definition) is 0. The minimum atomic E-state index is 1.14. The molecule has 0 aliphatic heterocycles. The SMILES string of the molecule is c1ccc(N(c2ccccc2)c2ccc3c4cc5ccccc5c5c6c7ccccc7ccc6n(c3c2)c45)cc1. The van der Waals surface area contributed by atoms with Crippen LogP contribution in [0.15, 0.2) is 146 Å². The summed E-state index contributed by atoms with van der Waals surface area (Å²) in [7, 11) is 0. The molecule has 0 spiro atoms. The van der Waals surface area contributed by atoms with E-state index < -0.39 is 0 Å². The smallest absolute Gasteiger partial charge is 0.0627 e. The van der Waals surface area contributed by atoms with Crippen molar-refractivity contribution in [1.29, 1.82) is 0 Å². The van der Waals surface area contributed by atoms with E-state index in [1.807, 2.05) is 0 Å². The predicted molar refractivity (Wildman–Crippen MR) is 171 cm³/mol. The van der Waals surface area contributed by atoms with E-state index in [9.17, 15) is 0 Å². The van der Waals surface area contributed by atoms with E-state index in [1.54, 1.807) is 0 Å². The molecule has 9 aromatic rings. The summed E-state index contributed by atoms with van der Waals surface area (Å²) in [5.74, 6) is 0. The van der Waals surface area contributed by atoms with Crippen molar-refractivity contribution < 1.29 is 0 Å². The van der Waals surface area contributed by atoms with Gasteiger partial charge in [0.15, 0.2) is 0 Å². The lowest BCUT2D eigenvalue weighted by Gasteiger charge is -2.25. The van der Waals surface area contributed by atoms with Crippen molar-refractivity contribution in [3.05, 3.63) is 146 Å². The van der Waals surface area contributed by atoms with Gasteiger partial charge in [0.2, 0.25) is 0 Å². The molecule has 0 unspecified atom stereocenters. The van der Waals surface area contributed by atoms with Crippen LogP contribution < -0.4 is 4.90 Å². The van der Waals surface area contributed by atoms with Gasteiger partial charge in [-0.05, 0) is 70.1 Å². The zero-order valence-electron chi connectivity index (χ0n) is 21.8. The number of para-hydroxylation sites is 2. The van der Waals surface area contributed by atoms with Crippen LogP contribution in [-0.4, -0.2) is 4.40 Å². The molecule has 2 nitrogen and oxygen atoms in total. The maximum atomic E-state index is 2.51. The molecule has 0 N–H and O–H groups in total. The molecule has 40 heavy (non-hydrogen) atoms. The molecule has 0 saturated carbocycles. The topological polar surface area (TPSA) is 7.65 Å². The van der Waals surface area contributed by atoms with Crippen molar-refractivity contribution in [3.63, 3.8) is 0 Å². The molecule has 0 bridgehead atoms. The molecule has 186 valence electrons. The highest BCUT2D eigenvalue weighted by molar-refractivity contribution is 6.35. The molecule has 7 aromatic carbocycles. The van der Waals surface area contributed by atoms with Crippen LogP contribution in [0, 0.1) is 0 Å². The monoisotopic (exact) mass is 508 g/mol. The Balaban J connectivity index is 1.46. The fourth-order valence-electron chi connectivity index (χ4n) is 6.78. The maximum Gasteiger partial charge on any atom is 0.0627 e. The summed E-state index contributed by atoms with van der Waals surface area (Å²) in [6.45, 7) is 0. The Morgan fingerprint density at radius 1 is 0.375 bits per heavy atom. The molecule has 0 fully saturated rings. The Labute approximate surface area is 231 Å². The summed E-state index contributed by atoms with van der Waals surface area (Å²) in [5, 5.41) is 10.4. The Morgan fingerprint density at radius 2 is 1.00 bits per heavy atom. The molecular weight excluding hydrogens is 484 g/mol. The summed E-state index contributed by atoms with van der Waals surface area (Å²) < 4.78 is 2.51. The average molecular weight is 509 g/mol. The molecular formula is C38H24N2. The summed E-state index contributed by atoms with van der Waals surface area (Å²) in [4.78, 5) is 2.35. The number of anilines is 3. The first-order chi connectivity index (χ1) is 19.9. The lowest BCUT2D eigenvalue weighted by molar-refractivity contribution is 1.28. The second kappa shape index (κ2) is 8.08. The van der Waals surface area contributed by atoms with Gasteiger partial charge < -0.3 is 9.30 Å². The molecule has 0 aliphatic carbocycles. The van der Waals surface area contributed by atoms with E-state index in [1.165, 1.54) is 59.6 Å². The minimum absolute atomic E-state index is 1.14. The normalized spacial score (nSPS) is 12.0. The zero-order valence-corrected chi connectivity index (χ0v) is 21.8. The number of aromatic nitrogens is 1. The van der Waals surface area contributed by atoms with Gasteiger partial charge in [0.1, 0.15) is 0 Å². The van der Waals surface area contributed by atoms with Crippen LogP contribution in [0.1, 0.15) is 0 Å². The summed E-state index contributed by atoms with van der Waals surface area (Å²) in [6.07, 6.45) is 0. The Kier molecular flexibility index (Phi) is 4.36. The third-order valence-electron chi connectivity index (χ3n) is 8.44. The van der Waals surface area contributed by atoms with Crippen molar-refractivity contribution >= 4 is 76.7 Å². The van der Waals surface area contributed by atoms with Gasteiger partial charge in [-0.15, -0.1) is 0 Å². The van der Waals surface area contributed by atoms with Crippen molar-refractivity contribution in [2.45, 2.75) is 0 Å². The summed E-state index contributed by atoms with van der Waals surface area (Å²) >= 11 is 0. The highest BCUT2D eigenvalue weighted by atomic mass is 15.1. The highest BCUT2D eigenvalue weighted by Gasteiger charge is 2.22. The van der Waals surface area contributed by atoms with E-state index in [4.69, 9.17) is 0 Å². The van der Waals surface area contributed by atoms with E-state index in [2.05, 4.69) is 155 Å². The van der Waals surface area contributed by atoms with Crippen LogP contribution in [0.5, 0.6) is 0 Å². The number of benzene rings is 7. The Morgan fingerprint density at radius 3 is 1.73 bits per heavy atom. The van der Waals surface area contributed by atoms with E-state index in [-0.39, 0.29) is 0 Å². The molecule has 9 rings (SSSR count). The summed E-state index contributed by atoms with van der Waals surface area (Å²) in [6, 6.07) is 52.8. The van der Waals surface area contributed by atoms with Crippen molar-refractivity contribution in [2.75, 3.05) is 4.90 Å². The number of fused-ring (bicyclic) bond motifs is 10. The molecule has 2 aromatic heterocycles. The molecule has 2 heteroatoms. The van der Waals surface area contributed by atoms with Crippen molar-refractivity contribution in [3.8, 4) is 0 Å². The highest BCUT2D eigenvalue weighted by Crippen LogP contribution is 2.46. The van der Waals surface area contributed by atoms with Gasteiger partial charge in [-0.25, -0.2) is 0 Å². The fourth-order valence-corrected chi connectivity index (χ4v) is 6.78. The van der Waals surface area contributed by atoms with E-state index in [0.29, 0.717) is 0 Å². The molecule has 2 heterocycles. The zero-order chi connectivity index (χ0) is 26.2. The Bertz CT molecular complexity index is 2330.